The Kier molecular flexibility index (Phi) is 9.35. The van der Waals surface area contributed by atoms with Crippen molar-refractivity contribution in [3.05, 3.63) is 69.8 Å². The molecule has 1 unspecified atom stereocenters. The highest BCUT2D eigenvalue weighted by atomic mass is 35.5. The maximum Gasteiger partial charge on any atom is 0.295 e. The lowest BCUT2D eigenvalue weighted by Gasteiger charge is -2.28. The summed E-state index contributed by atoms with van der Waals surface area (Å²) in [6, 6.07) is 11.4. The van der Waals surface area contributed by atoms with Gasteiger partial charge in [0.2, 0.25) is 5.78 Å². The zero-order chi connectivity index (χ0) is 25.5. The van der Waals surface area contributed by atoms with Crippen LogP contribution in [0.15, 0.2) is 48.0 Å². The molecular weight excluding hydrogens is 464 g/mol. The van der Waals surface area contributed by atoms with E-state index in [2.05, 4.69) is 20.8 Å². The van der Waals surface area contributed by atoms with E-state index in [0.29, 0.717) is 41.6 Å². The highest BCUT2D eigenvalue weighted by Gasteiger charge is 2.44. The summed E-state index contributed by atoms with van der Waals surface area (Å²) in [5.74, 6) is -1.07. The molecule has 1 atom stereocenters. The number of Topliss-reactive ketones (excluding diaryl/α,β-unsaturated/α-hetero) is 1. The minimum Gasteiger partial charge on any atom is -0.872 e. The van der Waals surface area contributed by atoms with Crippen LogP contribution in [0.2, 0.25) is 5.02 Å². The van der Waals surface area contributed by atoms with Gasteiger partial charge in [-0.05, 0) is 68.1 Å². The van der Waals surface area contributed by atoms with Crippen LogP contribution in [-0.4, -0.2) is 49.4 Å². The molecule has 2 aromatic rings. The molecule has 7 heteroatoms. The van der Waals surface area contributed by atoms with Crippen LogP contribution >= 0.6 is 11.6 Å². The van der Waals surface area contributed by atoms with E-state index in [1.54, 1.807) is 47.4 Å². The smallest absolute Gasteiger partial charge is 0.295 e. The van der Waals surface area contributed by atoms with Crippen molar-refractivity contribution >= 4 is 29.1 Å². The number of carbonyl (C=O) groups excluding carboxylic acids is 2. The Bertz CT molecular complexity index is 1080. The molecular formula is C28H35ClN2O4. The van der Waals surface area contributed by atoms with Crippen LogP contribution in [0, 0.1) is 6.92 Å². The van der Waals surface area contributed by atoms with Gasteiger partial charge in [0.15, 0.2) is 0 Å². The summed E-state index contributed by atoms with van der Waals surface area (Å²) >= 11 is 6.09. The Hall–Kier alpha value is -2.83. The predicted molar refractivity (Wildman–Crippen MR) is 136 cm³/mol. The van der Waals surface area contributed by atoms with Gasteiger partial charge < -0.3 is 19.6 Å². The second kappa shape index (κ2) is 12.2. The van der Waals surface area contributed by atoms with E-state index in [1.807, 2.05) is 6.92 Å². The molecule has 6 nitrogen and oxygen atoms in total. The number of unbranched alkanes of at least 4 members (excludes halogenated alkanes) is 1. The van der Waals surface area contributed by atoms with Crippen molar-refractivity contribution in [2.45, 2.75) is 46.6 Å². The first-order chi connectivity index (χ1) is 16.8. The minimum atomic E-state index is -0.740. The molecule has 1 aliphatic rings. The van der Waals surface area contributed by atoms with Crippen LogP contribution in [0.5, 0.6) is 5.75 Å². The average Bonchev–Trinajstić information content (AvgIpc) is 3.10. The molecule has 0 aromatic heterocycles. The van der Waals surface area contributed by atoms with Gasteiger partial charge in [0.1, 0.15) is 5.75 Å². The lowest BCUT2D eigenvalue weighted by atomic mass is 9.95. The van der Waals surface area contributed by atoms with E-state index in [4.69, 9.17) is 16.3 Å². The number of carbonyl (C=O) groups is 2. The normalized spacial score (nSPS) is 17.4. The number of ketones is 1. The molecule has 1 saturated heterocycles. The van der Waals surface area contributed by atoms with Crippen LogP contribution in [0.3, 0.4) is 0 Å². The molecule has 2 aromatic carbocycles. The van der Waals surface area contributed by atoms with Crippen LogP contribution in [0.4, 0.5) is 0 Å². The number of quaternary nitrogens is 1. The fourth-order valence-corrected chi connectivity index (χ4v) is 4.54. The Morgan fingerprint density at radius 2 is 1.77 bits per heavy atom. The van der Waals surface area contributed by atoms with E-state index in [1.165, 1.54) is 4.90 Å². The van der Waals surface area contributed by atoms with Gasteiger partial charge >= 0.3 is 0 Å². The van der Waals surface area contributed by atoms with Crippen LogP contribution in [0.25, 0.3) is 5.76 Å². The number of nitrogens with one attached hydrogen (secondary N) is 1. The van der Waals surface area contributed by atoms with Crippen LogP contribution in [-0.2, 0) is 9.59 Å². The van der Waals surface area contributed by atoms with E-state index < -0.39 is 23.5 Å². The van der Waals surface area contributed by atoms with Crippen molar-refractivity contribution in [3.8, 4) is 5.75 Å². The number of ether oxygens (including phenoxy) is 1. The summed E-state index contributed by atoms with van der Waals surface area (Å²) in [7, 11) is 0. The van der Waals surface area contributed by atoms with Crippen molar-refractivity contribution in [1.82, 2.24) is 4.90 Å². The van der Waals surface area contributed by atoms with Gasteiger partial charge in [-0.3, -0.25) is 9.59 Å². The highest BCUT2D eigenvalue weighted by molar-refractivity contribution is 6.46. The van der Waals surface area contributed by atoms with Gasteiger partial charge in [-0.25, -0.2) is 0 Å². The molecule has 0 bridgehead atoms. The largest absolute Gasteiger partial charge is 0.872 e. The number of benzene rings is 2. The number of hydrogen-bond acceptors (Lipinski definition) is 4. The number of halogens is 1. The molecule has 0 aliphatic carbocycles. The molecule has 188 valence electrons. The van der Waals surface area contributed by atoms with Crippen LogP contribution in [0.1, 0.15) is 56.3 Å². The topological polar surface area (TPSA) is 74.1 Å². The lowest BCUT2D eigenvalue weighted by Crippen LogP contribution is -3.12. The Balaban J connectivity index is 2.03. The average molecular weight is 499 g/mol. The minimum absolute atomic E-state index is 0.00841. The second-order valence-electron chi connectivity index (χ2n) is 8.91. The van der Waals surface area contributed by atoms with Crippen LogP contribution < -0.4 is 14.7 Å². The lowest BCUT2D eigenvalue weighted by molar-refractivity contribution is -0.895. The van der Waals surface area contributed by atoms with Crippen molar-refractivity contribution in [3.63, 3.8) is 0 Å². The van der Waals surface area contributed by atoms with Gasteiger partial charge in [-0.15, -0.1) is 0 Å². The Morgan fingerprint density at radius 3 is 2.37 bits per heavy atom. The third-order valence-corrected chi connectivity index (χ3v) is 6.87. The first-order valence-electron chi connectivity index (χ1n) is 12.4. The number of hydrogen-bond donors (Lipinski definition) is 1. The summed E-state index contributed by atoms with van der Waals surface area (Å²) in [4.78, 5) is 29.1. The van der Waals surface area contributed by atoms with Gasteiger partial charge in [0.05, 0.1) is 38.8 Å². The summed E-state index contributed by atoms with van der Waals surface area (Å²) in [6.07, 6.45) is 1.98. The van der Waals surface area contributed by atoms with Gasteiger partial charge in [0, 0.05) is 10.6 Å². The van der Waals surface area contributed by atoms with Crippen molar-refractivity contribution in [2.24, 2.45) is 0 Å². The van der Waals surface area contributed by atoms with E-state index in [9.17, 15) is 14.7 Å². The van der Waals surface area contributed by atoms with E-state index in [-0.39, 0.29) is 5.57 Å². The standard InChI is InChI=1S/C28H35ClN2O4/c1-5-8-17-35-23-14-11-21(18-19(23)4)26(32)24-25(20-9-12-22(29)13-10-20)31(28(34)27(24)33)16-15-30(6-2)7-3/h9-14,18,25,32H,5-8,15-17H2,1-4H3. The number of rotatable bonds is 11. The number of likely N-dealkylation sites (N-methyl/N-ethyl adjacent to an activating group) is 1. The maximum atomic E-state index is 13.7. The van der Waals surface area contributed by atoms with E-state index in [0.717, 1.165) is 31.5 Å². The number of likely N-dealkylation sites (tertiary alicyclic amines) is 1. The molecule has 1 heterocycles. The zero-order valence-electron chi connectivity index (χ0n) is 21.0. The van der Waals surface area contributed by atoms with E-state index >= 15 is 0 Å². The second-order valence-corrected chi connectivity index (χ2v) is 9.35. The fourth-order valence-electron chi connectivity index (χ4n) is 4.41. The summed E-state index contributed by atoms with van der Waals surface area (Å²) in [5, 5.41) is 14.2. The molecule has 3 rings (SSSR count). The quantitative estimate of drug-likeness (QED) is 0.224. The number of amides is 1. The maximum absolute atomic E-state index is 13.7. The number of nitrogens with zero attached hydrogens (tertiary/aromatic N) is 1. The molecule has 1 aliphatic heterocycles. The summed E-state index contributed by atoms with van der Waals surface area (Å²) in [5.41, 5.74) is 1.87. The Morgan fingerprint density at radius 1 is 1.09 bits per heavy atom. The molecule has 1 N–H and O–H groups in total. The first kappa shape index (κ1) is 26.8. The third-order valence-electron chi connectivity index (χ3n) is 6.61. The highest BCUT2D eigenvalue weighted by Crippen LogP contribution is 2.39. The Labute approximate surface area is 213 Å². The zero-order valence-corrected chi connectivity index (χ0v) is 21.8. The molecule has 0 radical (unpaired) electrons. The monoisotopic (exact) mass is 498 g/mol. The first-order valence-corrected chi connectivity index (χ1v) is 12.8. The third kappa shape index (κ3) is 6.06. The molecule has 1 amide bonds. The van der Waals surface area contributed by atoms with Crippen molar-refractivity contribution in [1.29, 1.82) is 0 Å². The molecule has 35 heavy (non-hydrogen) atoms. The van der Waals surface area contributed by atoms with Crippen molar-refractivity contribution < 1.29 is 24.3 Å². The molecule has 0 saturated carbocycles. The molecule has 1 fully saturated rings. The van der Waals surface area contributed by atoms with Crippen molar-refractivity contribution in [2.75, 3.05) is 32.8 Å². The summed E-state index contributed by atoms with van der Waals surface area (Å²) < 4.78 is 5.81. The molecule has 0 spiro atoms. The predicted octanol–water partition coefficient (Wildman–Crippen LogP) is 2.98. The van der Waals surface area contributed by atoms with Gasteiger partial charge in [-0.2, -0.15) is 0 Å². The van der Waals surface area contributed by atoms with Gasteiger partial charge in [0.25, 0.3) is 5.91 Å². The fraction of sp³-hybridized carbons (Fsp3) is 0.429. The number of aryl methyl sites for hydroxylation is 1. The summed E-state index contributed by atoms with van der Waals surface area (Å²) in [6.45, 7) is 11.7. The van der Waals surface area contributed by atoms with Gasteiger partial charge in [-0.1, -0.05) is 48.9 Å². The SMILES string of the molecule is CCCCOc1ccc(C([O-])=C2C(=O)C(=O)N(CC[NH+](CC)CC)C2c2ccc(Cl)cc2)cc1C.